The molecule has 1 aromatic carbocycles. The third-order valence-corrected chi connectivity index (χ3v) is 4.68. The number of halogens is 2. The van der Waals surface area contributed by atoms with Crippen molar-refractivity contribution in [3.8, 4) is 0 Å². The molecule has 2 heterocycles. The molecule has 3 rings (SSSR count). The molecule has 0 radical (unpaired) electrons. The van der Waals surface area contributed by atoms with Gasteiger partial charge in [-0.2, -0.15) is 0 Å². The van der Waals surface area contributed by atoms with E-state index < -0.39 is 0 Å². The summed E-state index contributed by atoms with van der Waals surface area (Å²) in [6.45, 7) is 0.726. The van der Waals surface area contributed by atoms with Crippen LogP contribution in [0.15, 0.2) is 69.9 Å². The third kappa shape index (κ3) is 5.71. The standard InChI is InChI=1S/C20H16Br2N4O2/c21-17-8-2-6-15(25-17)19(27)23-11-13-4-1-5-14(10-13)12-24-20(28)16-7-3-9-18(22)26-16/h1-10H,11-12H2,(H,23,27)(H,24,28). The lowest BCUT2D eigenvalue weighted by atomic mass is 10.1. The maximum absolute atomic E-state index is 12.2. The summed E-state index contributed by atoms with van der Waals surface area (Å²) < 4.78 is 1.22. The van der Waals surface area contributed by atoms with Crippen LogP contribution in [0, 0.1) is 0 Å². The lowest BCUT2D eigenvalue weighted by molar-refractivity contribution is 0.0938. The Morgan fingerprint density at radius 1 is 0.714 bits per heavy atom. The van der Waals surface area contributed by atoms with Crippen LogP contribution < -0.4 is 10.6 Å². The molecule has 3 aromatic rings. The van der Waals surface area contributed by atoms with Gasteiger partial charge in [-0.1, -0.05) is 36.4 Å². The highest BCUT2D eigenvalue weighted by molar-refractivity contribution is 9.10. The van der Waals surface area contributed by atoms with E-state index in [1.165, 1.54) is 0 Å². The van der Waals surface area contributed by atoms with Crippen molar-refractivity contribution in [2.45, 2.75) is 13.1 Å². The lowest BCUT2D eigenvalue weighted by Gasteiger charge is -2.09. The summed E-state index contributed by atoms with van der Waals surface area (Å²) in [6.07, 6.45) is 0. The normalized spacial score (nSPS) is 10.4. The van der Waals surface area contributed by atoms with Gasteiger partial charge in [-0.15, -0.1) is 0 Å². The van der Waals surface area contributed by atoms with Crippen LogP contribution in [-0.4, -0.2) is 21.8 Å². The van der Waals surface area contributed by atoms with Gasteiger partial charge in [0.05, 0.1) is 0 Å². The number of benzene rings is 1. The Balaban J connectivity index is 1.56. The van der Waals surface area contributed by atoms with Gasteiger partial charge in [-0.25, -0.2) is 9.97 Å². The number of carbonyl (C=O) groups is 2. The van der Waals surface area contributed by atoms with Gasteiger partial charge < -0.3 is 10.6 Å². The van der Waals surface area contributed by atoms with E-state index in [1.54, 1.807) is 36.4 Å². The number of pyridine rings is 2. The van der Waals surface area contributed by atoms with Gasteiger partial charge in [-0.05, 0) is 67.3 Å². The van der Waals surface area contributed by atoms with Crippen molar-refractivity contribution in [3.63, 3.8) is 0 Å². The minimum atomic E-state index is -0.249. The smallest absolute Gasteiger partial charge is 0.270 e. The van der Waals surface area contributed by atoms with E-state index in [2.05, 4.69) is 52.5 Å². The van der Waals surface area contributed by atoms with Crippen LogP contribution in [0.2, 0.25) is 0 Å². The fourth-order valence-electron chi connectivity index (χ4n) is 2.46. The Kier molecular flexibility index (Phi) is 6.89. The number of nitrogens with zero attached hydrogens (tertiary/aromatic N) is 2. The highest BCUT2D eigenvalue weighted by Gasteiger charge is 2.09. The first-order valence-corrected chi connectivity index (χ1v) is 9.99. The van der Waals surface area contributed by atoms with Crippen LogP contribution in [0.1, 0.15) is 32.1 Å². The first-order valence-electron chi connectivity index (χ1n) is 8.40. The second-order valence-corrected chi connectivity index (χ2v) is 7.50. The van der Waals surface area contributed by atoms with Crippen molar-refractivity contribution in [1.82, 2.24) is 20.6 Å². The number of rotatable bonds is 6. The molecule has 28 heavy (non-hydrogen) atoms. The van der Waals surface area contributed by atoms with Gasteiger partial charge in [0, 0.05) is 13.1 Å². The first-order chi connectivity index (χ1) is 13.5. The molecule has 8 heteroatoms. The Labute approximate surface area is 179 Å². The van der Waals surface area contributed by atoms with Gasteiger partial charge >= 0.3 is 0 Å². The summed E-state index contributed by atoms with van der Waals surface area (Å²) >= 11 is 6.51. The molecular formula is C20H16Br2N4O2. The number of nitrogens with one attached hydrogen (secondary N) is 2. The Bertz CT molecular complexity index is 934. The van der Waals surface area contributed by atoms with E-state index in [4.69, 9.17) is 0 Å². The van der Waals surface area contributed by atoms with E-state index in [-0.39, 0.29) is 11.8 Å². The molecule has 0 unspecified atom stereocenters. The molecule has 0 fully saturated rings. The number of hydrogen-bond donors (Lipinski definition) is 2. The summed E-state index contributed by atoms with van der Waals surface area (Å²) in [4.78, 5) is 32.7. The Hall–Kier alpha value is -2.58. The van der Waals surface area contributed by atoms with E-state index in [0.717, 1.165) is 11.1 Å². The molecule has 0 saturated heterocycles. The number of hydrogen-bond acceptors (Lipinski definition) is 4. The largest absolute Gasteiger partial charge is 0.347 e. The second-order valence-electron chi connectivity index (χ2n) is 5.88. The SMILES string of the molecule is O=C(NCc1cccc(CNC(=O)c2cccc(Br)n2)c1)c1cccc(Br)n1. The molecule has 0 atom stereocenters. The summed E-state index contributed by atoms with van der Waals surface area (Å²) in [6, 6.07) is 18.0. The first kappa shape index (κ1) is 20.2. The van der Waals surface area contributed by atoms with Gasteiger partial charge in [0.1, 0.15) is 20.6 Å². The zero-order chi connectivity index (χ0) is 19.9. The molecule has 2 aromatic heterocycles. The molecule has 2 N–H and O–H groups in total. The van der Waals surface area contributed by atoms with Crippen molar-refractivity contribution < 1.29 is 9.59 Å². The zero-order valence-corrected chi connectivity index (χ0v) is 17.8. The van der Waals surface area contributed by atoms with Crippen LogP contribution in [0.25, 0.3) is 0 Å². The van der Waals surface area contributed by atoms with Crippen molar-refractivity contribution in [1.29, 1.82) is 0 Å². The minimum Gasteiger partial charge on any atom is -0.347 e. The molecule has 0 saturated carbocycles. The van der Waals surface area contributed by atoms with Crippen LogP contribution in [0.3, 0.4) is 0 Å². The lowest BCUT2D eigenvalue weighted by Crippen LogP contribution is -2.25. The molecule has 142 valence electrons. The summed E-state index contributed by atoms with van der Waals surface area (Å²) in [5, 5.41) is 5.68. The van der Waals surface area contributed by atoms with Gasteiger partial charge in [0.15, 0.2) is 0 Å². The minimum absolute atomic E-state index is 0.249. The average Bonchev–Trinajstić information content (AvgIpc) is 2.70. The van der Waals surface area contributed by atoms with E-state index in [0.29, 0.717) is 33.7 Å². The zero-order valence-electron chi connectivity index (χ0n) is 14.7. The molecule has 0 aliphatic rings. The summed E-state index contributed by atoms with van der Waals surface area (Å²) in [5.74, 6) is -0.499. The molecule has 2 amide bonds. The number of amides is 2. The highest BCUT2D eigenvalue weighted by atomic mass is 79.9. The highest BCUT2D eigenvalue weighted by Crippen LogP contribution is 2.09. The van der Waals surface area contributed by atoms with Crippen LogP contribution >= 0.6 is 31.9 Å². The monoisotopic (exact) mass is 502 g/mol. The predicted molar refractivity (Wildman–Crippen MR) is 113 cm³/mol. The van der Waals surface area contributed by atoms with Gasteiger partial charge in [-0.3, -0.25) is 9.59 Å². The van der Waals surface area contributed by atoms with Gasteiger partial charge in [0.25, 0.3) is 11.8 Å². The average molecular weight is 504 g/mol. The Morgan fingerprint density at radius 2 is 1.14 bits per heavy atom. The molecule has 6 nitrogen and oxygen atoms in total. The van der Waals surface area contributed by atoms with E-state index in [9.17, 15) is 9.59 Å². The molecule has 0 spiro atoms. The molecule has 0 bridgehead atoms. The maximum Gasteiger partial charge on any atom is 0.270 e. The number of aromatic nitrogens is 2. The second kappa shape index (κ2) is 9.57. The quantitative estimate of drug-likeness (QED) is 0.500. The summed E-state index contributed by atoms with van der Waals surface area (Å²) in [7, 11) is 0. The van der Waals surface area contributed by atoms with Crippen LogP contribution in [0.5, 0.6) is 0 Å². The topological polar surface area (TPSA) is 84.0 Å². The van der Waals surface area contributed by atoms with Crippen molar-refractivity contribution >= 4 is 43.7 Å². The molecule has 0 aliphatic heterocycles. The third-order valence-electron chi connectivity index (χ3n) is 3.79. The van der Waals surface area contributed by atoms with Gasteiger partial charge in [0.2, 0.25) is 0 Å². The van der Waals surface area contributed by atoms with Crippen molar-refractivity contribution in [2.24, 2.45) is 0 Å². The summed E-state index contributed by atoms with van der Waals surface area (Å²) in [5.41, 5.74) is 2.55. The van der Waals surface area contributed by atoms with Crippen molar-refractivity contribution in [2.75, 3.05) is 0 Å². The predicted octanol–water partition coefficient (Wildman–Crippen LogP) is 3.86. The molecule has 0 aliphatic carbocycles. The fraction of sp³-hybridized carbons (Fsp3) is 0.100. The van der Waals surface area contributed by atoms with Crippen LogP contribution in [-0.2, 0) is 13.1 Å². The fourth-order valence-corrected chi connectivity index (χ4v) is 3.15. The van der Waals surface area contributed by atoms with Crippen LogP contribution in [0.4, 0.5) is 0 Å². The van der Waals surface area contributed by atoms with Crippen molar-refractivity contribution in [3.05, 3.63) is 92.4 Å². The number of carbonyl (C=O) groups excluding carboxylic acids is 2. The molecular weight excluding hydrogens is 488 g/mol. The Morgan fingerprint density at radius 3 is 1.57 bits per heavy atom. The van der Waals surface area contributed by atoms with E-state index in [1.807, 2.05) is 24.3 Å². The van der Waals surface area contributed by atoms with E-state index >= 15 is 0 Å². The maximum atomic E-state index is 12.2.